The van der Waals surface area contributed by atoms with Crippen LogP contribution in [0, 0.1) is 0 Å². The number of tetrazole rings is 1. The summed E-state index contributed by atoms with van der Waals surface area (Å²) in [6.07, 6.45) is 1.46. The van der Waals surface area contributed by atoms with Crippen molar-refractivity contribution >= 4 is 17.6 Å². The highest BCUT2D eigenvalue weighted by atomic mass is 16.5. The summed E-state index contributed by atoms with van der Waals surface area (Å²) in [6.45, 7) is -0.193. The van der Waals surface area contributed by atoms with Gasteiger partial charge in [-0.2, -0.15) is 0 Å². The number of amides is 1. The van der Waals surface area contributed by atoms with Gasteiger partial charge in [0.2, 0.25) is 0 Å². The summed E-state index contributed by atoms with van der Waals surface area (Å²) in [4.78, 5) is 23.6. The van der Waals surface area contributed by atoms with Gasteiger partial charge in [-0.1, -0.05) is 12.1 Å². The number of carbonyl (C=O) groups excluding carboxylic acids is 2. The number of hydrogen-bond acceptors (Lipinski definition) is 7. The van der Waals surface area contributed by atoms with E-state index in [0.717, 1.165) is 0 Å². The Hall–Kier alpha value is -3.75. The van der Waals surface area contributed by atoms with Crippen LogP contribution >= 0.6 is 0 Å². The van der Waals surface area contributed by atoms with Crippen LogP contribution in [0.15, 0.2) is 54.9 Å². The quantitative estimate of drug-likeness (QED) is 0.668. The lowest BCUT2D eigenvalue weighted by molar-refractivity contribution is -0.118. The molecule has 0 saturated heterocycles. The molecule has 26 heavy (non-hydrogen) atoms. The third-order valence-electron chi connectivity index (χ3n) is 3.37. The van der Waals surface area contributed by atoms with E-state index in [1.165, 1.54) is 24.2 Å². The van der Waals surface area contributed by atoms with Crippen molar-refractivity contribution in [2.75, 3.05) is 19.0 Å². The largest absolute Gasteiger partial charge is 0.484 e. The van der Waals surface area contributed by atoms with Crippen LogP contribution in [0.2, 0.25) is 0 Å². The highest BCUT2D eigenvalue weighted by molar-refractivity contribution is 5.95. The zero-order valence-electron chi connectivity index (χ0n) is 13.8. The van der Waals surface area contributed by atoms with E-state index in [9.17, 15) is 9.59 Å². The van der Waals surface area contributed by atoms with Crippen LogP contribution in [0.25, 0.3) is 5.69 Å². The van der Waals surface area contributed by atoms with Crippen LogP contribution in [0.4, 0.5) is 5.69 Å². The zero-order chi connectivity index (χ0) is 18.4. The first kappa shape index (κ1) is 17.1. The second kappa shape index (κ2) is 7.88. The molecule has 1 aromatic heterocycles. The summed E-state index contributed by atoms with van der Waals surface area (Å²) in [5.74, 6) is -0.340. The Morgan fingerprint density at radius 2 is 2.00 bits per heavy atom. The van der Waals surface area contributed by atoms with Crippen LogP contribution in [0.3, 0.4) is 0 Å². The molecule has 3 rings (SSSR count). The Kier molecular flexibility index (Phi) is 5.18. The van der Waals surface area contributed by atoms with Crippen molar-refractivity contribution in [1.29, 1.82) is 0 Å². The third-order valence-corrected chi connectivity index (χ3v) is 3.37. The molecule has 9 nitrogen and oxygen atoms in total. The molecule has 0 fully saturated rings. The Balaban J connectivity index is 1.59. The number of carbonyl (C=O) groups is 2. The summed E-state index contributed by atoms with van der Waals surface area (Å²) in [7, 11) is 1.30. The molecule has 0 unspecified atom stereocenters. The summed E-state index contributed by atoms with van der Waals surface area (Å²) in [6, 6.07) is 13.5. The van der Waals surface area contributed by atoms with Crippen LogP contribution in [0.1, 0.15) is 10.4 Å². The fourth-order valence-corrected chi connectivity index (χ4v) is 2.18. The van der Waals surface area contributed by atoms with Crippen LogP contribution in [0.5, 0.6) is 5.75 Å². The zero-order valence-corrected chi connectivity index (χ0v) is 13.8. The summed E-state index contributed by atoms with van der Waals surface area (Å²) < 4.78 is 11.6. The van der Waals surface area contributed by atoms with Gasteiger partial charge in [-0.05, 0) is 40.8 Å². The number of benzene rings is 2. The monoisotopic (exact) mass is 353 g/mol. The molecule has 1 amide bonds. The molecule has 9 heteroatoms. The average Bonchev–Trinajstić information content (AvgIpc) is 3.21. The standard InChI is InChI=1S/C17H15N5O4/c1-25-17(24)12-4-2-5-13(8-12)19-16(23)10-26-15-7-3-6-14(9-15)22-11-18-20-21-22/h2-9,11H,10H2,1H3,(H,19,23). The molecule has 0 aliphatic rings. The van der Waals surface area contributed by atoms with Gasteiger partial charge in [-0.25, -0.2) is 9.48 Å². The molecule has 0 aliphatic carbocycles. The van der Waals surface area contributed by atoms with E-state index in [1.807, 2.05) is 6.07 Å². The van der Waals surface area contributed by atoms with Gasteiger partial charge in [0.1, 0.15) is 12.1 Å². The van der Waals surface area contributed by atoms with Gasteiger partial charge in [-0.3, -0.25) is 4.79 Å². The van der Waals surface area contributed by atoms with E-state index < -0.39 is 5.97 Å². The number of ether oxygens (including phenoxy) is 2. The number of nitrogens with one attached hydrogen (secondary N) is 1. The topological polar surface area (TPSA) is 108 Å². The minimum Gasteiger partial charge on any atom is -0.484 e. The number of rotatable bonds is 6. The Morgan fingerprint density at radius 1 is 1.15 bits per heavy atom. The van der Waals surface area contributed by atoms with E-state index in [1.54, 1.807) is 36.4 Å². The third kappa shape index (κ3) is 4.20. The molecule has 1 heterocycles. The number of anilines is 1. The lowest BCUT2D eigenvalue weighted by Gasteiger charge is -2.09. The molecule has 0 atom stereocenters. The van der Waals surface area contributed by atoms with E-state index in [4.69, 9.17) is 4.74 Å². The van der Waals surface area contributed by atoms with E-state index in [-0.39, 0.29) is 12.5 Å². The highest BCUT2D eigenvalue weighted by Gasteiger charge is 2.09. The molecule has 0 bridgehead atoms. The SMILES string of the molecule is COC(=O)c1cccc(NC(=O)COc2cccc(-n3cnnn3)c2)c1. The van der Waals surface area contributed by atoms with Crippen LogP contribution < -0.4 is 10.1 Å². The Labute approximate surface area is 148 Å². The van der Waals surface area contributed by atoms with E-state index in [2.05, 4.69) is 25.6 Å². The fraction of sp³-hybridized carbons (Fsp3) is 0.118. The van der Waals surface area contributed by atoms with Gasteiger partial charge in [0.25, 0.3) is 5.91 Å². The number of nitrogens with zero attached hydrogens (tertiary/aromatic N) is 4. The maximum atomic E-state index is 12.1. The average molecular weight is 353 g/mol. The number of aromatic nitrogens is 4. The predicted octanol–water partition coefficient (Wildman–Crippen LogP) is 1.47. The Bertz CT molecular complexity index is 911. The molecular weight excluding hydrogens is 338 g/mol. The first-order chi connectivity index (χ1) is 12.7. The maximum absolute atomic E-state index is 12.1. The van der Waals surface area contributed by atoms with E-state index >= 15 is 0 Å². The minimum absolute atomic E-state index is 0.193. The van der Waals surface area contributed by atoms with Gasteiger partial charge in [-0.15, -0.1) is 5.10 Å². The van der Waals surface area contributed by atoms with Crippen molar-refractivity contribution in [3.05, 3.63) is 60.4 Å². The smallest absolute Gasteiger partial charge is 0.337 e. The number of methoxy groups -OCH3 is 1. The van der Waals surface area contributed by atoms with Crippen molar-refractivity contribution in [3.63, 3.8) is 0 Å². The molecule has 2 aromatic carbocycles. The molecule has 3 aromatic rings. The van der Waals surface area contributed by atoms with Crippen molar-refractivity contribution < 1.29 is 19.1 Å². The van der Waals surface area contributed by atoms with Crippen LogP contribution in [-0.4, -0.2) is 45.8 Å². The van der Waals surface area contributed by atoms with Crippen molar-refractivity contribution in [2.24, 2.45) is 0 Å². The molecule has 0 aliphatic heterocycles. The maximum Gasteiger partial charge on any atom is 0.337 e. The molecular formula is C17H15N5O4. The van der Waals surface area contributed by atoms with Crippen LogP contribution in [-0.2, 0) is 9.53 Å². The van der Waals surface area contributed by atoms with Gasteiger partial charge in [0.15, 0.2) is 6.61 Å². The van der Waals surface area contributed by atoms with Crippen molar-refractivity contribution in [1.82, 2.24) is 20.2 Å². The predicted molar refractivity (Wildman–Crippen MR) is 91.1 cm³/mol. The second-order valence-electron chi connectivity index (χ2n) is 5.16. The molecule has 0 radical (unpaired) electrons. The first-order valence-corrected chi connectivity index (χ1v) is 7.60. The number of esters is 1. The molecule has 0 saturated carbocycles. The molecule has 1 N–H and O–H groups in total. The normalized spacial score (nSPS) is 10.2. The highest BCUT2D eigenvalue weighted by Crippen LogP contribution is 2.16. The van der Waals surface area contributed by atoms with Gasteiger partial charge in [0, 0.05) is 11.8 Å². The summed E-state index contributed by atoms with van der Waals surface area (Å²) in [5, 5.41) is 13.6. The lowest BCUT2D eigenvalue weighted by Crippen LogP contribution is -2.20. The molecule has 0 spiro atoms. The summed E-state index contributed by atoms with van der Waals surface area (Å²) in [5.41, 5.74) is 1.53. The van der Waals surface area contributed by atoms with Gasteiger partial charge >= 0.3 is 5.97 Å². The molecule has 132 valence electrons. The lowest BCUT2D eigenvalue weighted by atomic mass is 10.2. The minimum atomic E-state index is -0.475. The first-order valence-electron chi connectivity index (χ1n) is 7.60. The fourth-order valence-electron chi connectivity index (χ4n) is 2.18. The summed E-state index contributed by atoms with van der Waals surface area (Å²) >= 11 is 0. The van der Waals surface area contributed by atoms with Crippen molar-refractivity contribution in [2.45, 2.75) is 0 Å². The van der Waals surface area contributed by atoms with E-state index in [0.29, 0.717) is 22.7 Å². The van der Waals surface area contributed by atoms with Gasteiger partial charge in [0.05, 0.1) is 18.4 Å². The second-order valence-corrected chi connectivity index (χ2v) is 5.16. The van der Waals surface area contributed by atoms with Crippen molar-refractivity contribution in [3.8, 4) is 11.4 Å². The Morgan fingerprint density at radius 3 is 2.77 bits per heavy atom. The number of hydrogen-bond donors (Lipinski definition) is 1. The van der Waals surface area contributed by atoms with Gasteiger partial charge < -0.3 is 14.8 Å².